The molecule has 2 N–H and O–H groups in total. The fourth-order valence-electron chi connectivity index (χ4n) is 2.91. The first-order valence-electron chi connectivity index (χ1n) is 6.84. The molecule has 1 unspecified atom stereocenters. The number of hydrogen-bond donors (Lipinski definition) is 2. The van der Waals surface area contributed by atoms with E-state index in [9.17, 15) is 4.79 Å². The Morgan fingerprint density at radius 1 is 1.19 bits per heavy atom. The fourth-order valence-corrected chi connectivity index (χ4v) is 2.91. The second kappa shape index (κ2) is 6.24. The molecule has 1 amide bonds. The second-order valence-electron chi connectivity index (χ2n) is 5.30. The zero-order chi connectivity index (χ0) is 11.2. The van der Waals surface area contributed by atoms with Gasteiger partial charge in [-0.05, 0) is 31.7 Å². The summed E-state index contributed by atoms with van der Waals surface area (Å²) in [5.41, 5.74) is 0. The first-order chi connectivity index (χ1) is 7.84. The van der Waals surface area contributed by atoms with Crippen LogP contribution in [0.1, 0.15) is 51.4 Å². The third-order valence-corrected chi connectivity index (χ3v) is 3.92. The Morgan fingerprint density at radius 2 is 2.00 bits per heavy atom. The number of carbonyl (C=O) groups excluding carboxylic acids is 1. The molecule has 1 aliphatic heterocycles. The molecule has 0 aromatic carbocycles. The van der Waals surface area contributed by atoms with Crippen LogP contribution in [0.5, 0.6) is 0 Å². The second-order valence-corrected chi connectivity index (χ2v) is 5.30. The molecule has 2 rings (SSSR count). The number of carbonyl (C=O) groups is 1. The van der Waals surface area contributed by atoms with E-state index in [1.807, 2.05) is 0 Å². The third kappa shape index (κ3) is 3.78. The minimum absolute atomic E-state index is 0.264. The molecule has 1 atom stereocenters. The lowest BCUT2D eigenvalue weighted by Gasteiger charge is -2.24. The van der Waals surface area contributed by atoms with E-state index < -0.39 is 0 Å². The lowest BCUT2D eigenvalue weighted by atomic mass is 10.0. The van der Waals surface area contributed by atoms with E-state index in [4.69, 9.17) is 0 Å². The average molecular weight is 224 g/mol. The minimum Gasteiger partial charge on any atom is -0.352 e. The van der Waals surface area contributed by atoms with Gasteiger partial charge in [-0.15, -0.1) is 0 Å². The van der Waals surface area contributed by atoms with Crippen LogP contribution in [0.15, 0.2) is 0 Å². The van der Waals surface area contributed by atoms with E-state index in [1.165, 1.54) is 32.1 Å². The van der Waals surface area contributed by atoms with E-state index >= 15 is 0 Å². The predicted octanol–water partition coefficient (Wildman–Crippen LogP) is 1.82. The van der Waals surface area contributed by atoms with Gasteiger partial charge in [0, 0.05) is 19.0 Å². The number of nitrogens with one attached hydrogen (secondary N) is 2. The van der Waals surface area contributed by atoms with Gasteiger partial charge in [0.2, 0.25) is 5.91 Å². The van der Waals surface area contributed by atoms with Crippen LogP contribution in [0.2, 0.25) is 0 Å². The molecule has 1 saturated carbocycles. The molecule has 16 heavy (non-hydrogen) atoms. The van der Waals surface area contributed by atoms with Crippen molar-refractivity contribution in [2.45, 2.75) is 57.4 Å². The Bertz CT molecular complexity index is 218. The molecule has 0 aromatic heterocycles. The van der Waals surface area contributed by atoms with Crippen molar-refractivity contribution in [3.8, 4) is 0 Å². The largest absolute Gasteiger partial charge is 0.352 e. The number of hydrogen-bond acceptors (Lipinski definition) is 2. The molecule has 92 valence electrons. The Kier molecular flexibility index (Phi) is 4.64. The van der Waals surface area contributed by atoms with Gasteiger partial charge >= 0.3 is 0 Å². The van der Waals surface area contributed by atoms with E-state index in [0.717, 1.165) is 38.3 Å². The molecule has 2 aliphatic rings. The Morgan fingerprint density at radius 3 is 2.69 bits per heavy atom. The molecule has 0 aromatic rings. The summed E-state index contributed by atoms with van der Waals surface area (Å²) in [5.74, 6) is 1.09. The maximum atomic E-state index is 11.7. The van der Waals surface area contributed by atoms with Gasteiger partial charge in [-0.1, -0.05) is 25.7 Å². The van der Waals surface area contributed by atoms with E-state index in [-0.39, 0.29) is 5.91 Å². The SMILES string of the molecule is O=C(CCC1CCCC1)NC1CCCNC1. The highest BCUT2D eigenvalue weighted by atomic mass is 16.1. The summed E-state index contributed by atoms with van der Waals surface area (Å²) in [6.07, 6.45) is 9.61. The maximum absolute atomic E-state index is 11.7. The summed E-state index contributed by atoms with van der Waals surface area (Å²) < 4.78 is 0. The van der Waals surface area contributed by atoms with E-state index in [2.05, 4.69) is 10.6 Å². The fraction of sp³-hybridized carbons (Fsp3) is 0.923. The zero-order valence-electron chi connectivity index (χ0n) is 10.1. The molecule has 3 heteroatoms. The Hall–Kier alpha value is -0.570. The molecule has 3 nitrogen and oxygen atoms in total. The van der Waals surface area contributed by atoms with Crippen molar-refractivity contribution in [2.24, 2.45) is 5.92 Å². The Labute approximate surface area is 98.4 Å². The lowest BCUT2D eigenvalue weighted by molar-refractivity contribution is -0.122. The molecule has 0 spiro atoms. The summed E-state index contributed by atoms with van der Waals surface area (Å²) in [6, 6.07) is 0.379. The highest BCUT2D eigenvalue weighted by molar-refractivity contribution is 5.76. The summed E-state index contributed by atoms with van der Waals surface area (Å²) >= 11 is 0. The van der Waals surface area contributed by atoms with Gasteiger partial charge in [-0.3, -0.25) is 4.79 Å². The van der Waals surface area contributed by atoms with Crippen LogP contribution in [0.3, 0.4) is 0 Å². The molecule has 2 fully saturated rings. The lowest BCUT2D eigenvalue weighted by Crippen LogP contribution is -2.45. The molecule has 0 bridgehead atoms. The topological polar surface area (TPSA) is 41.1 Å². The maximum Gasteiger partial charge on any atom is 0.220 e. The van der Waals surface area contributed by atoms with Gasteiger partial charge in [0.1, 0.15) is 0 Å². The van der Waals surface area contributed by atoms with Crippen molar-refractivity contribution < 1.29 is 4.79 Å². The molecular formula is C13H24N2O. The number of rotatable bonds is 4. The van der Waals surface area contributed by atoms with Crippen LogP contribution in [0.25, 0.3) is 0 Å². The van der Waals surface area contributed by atoms with Crippen molar-refractivity contribution in [3.63, 3.8) is 0 Å². The quantitative estimate of drug-likeness (QED) is 0.765. The molecule has 0 radical (unpaired) electrons. The van der Waals surface area contributed by atoms with Crippen LogP contribution in [0, 0.1) is 5.92 Å². The number of piperidine rings is 1. The van der Waals surface area contributed by atoms with Gasteiger partial charge in [-0.2, -0.15) is 0 Å². The van der Waals surface area contributed by atoms with Crippen molar-refractivity contribution in [1.82, 2.24) is 10.6 Å². The van der Waals surface area contributed by atoms with Crippen LogP contribution in [-0.2, 0) is 4.79 Å². The third-order valence-electron chi connectivity index (χ3n) is 3.92. The van der Waals surface area contributed by atoms with E-state index in [0.29, 0.717) is 6.04 Å². The normalized spacial score (nSPS) is 26.9. The van der Waals surface area contributed by atoms with Crippen LogP contribution in [-0.4, -0.2) is 25.0 Å². The molecule has 1 aliphatic carbocycles. The molecular weight excluding hydrogens is 200 g/mol. The molecule has 1 heterocycles. The monoisotopic (exact) mass is 224 g/mol. The van der Waals surface area contributed by atoms with Gasteiger partial charge in [0.25, 0.3) is 0 Å². The minimum atomic E-state index is 0.264. The summed E-state index contributed by atoms with van der Waals surface area (Å²) in [4.78, 5) is 11.7. The van der Waals surface area contributed by atoms with Crippen LogP contribution in [0.4, 0.5) is 0 Å². The van der Waals surface area contributed by atoms with Crippen molar-refractivity contribution in [1.29, 1.82) is 0 Å². The standard InChI is InChI=1S/C13H24N2O/c16-13(8-7-11-4-1-2-5-11)15-12-6-3-9-14-10-12/h11-12,14H,1-10H2,(H,15,16). The summed E-state index contributed by atoms with van der Waals surface area (Å²) in [7, 11) is 0. The summed E-state index contributed by atoms with van der Waals surface area (Å²) in [5, 5.41) is 6.46. The summed E-state index contributed by atoms with van der Waals surface area (Å²) in [6.45, 7) is 2.06. The van der Waals surface area contributed by atoms with Crippen LogP contribution >= 0.6 is 0 Å². The van der Waals surface area contributed by atoms with Crippen LogP contribution < -0.4 is 10.6 Å². The van der Waals surface area contributed by atoms with Crippen molar-refractivity contribution in [3.05, 3.63) is 0 Å². The Balaban J connectivity index is 1.59. The number of amides is 1. The van der Waals surface area contributed by atoms with Crippen molar-refractivity contribution in [2.75, 3.05) is 13.1 Å². The first-order valence-corrected chi connectivity index (χ1v) is 6.84. The highest BCUT2D eigenvalue weighted by Crippen LogP contribution is 2.28. The van der Waals surface area contributed by atoms with Gasteiger partial charge in [-0.25, -0.2) is 0 Å². The van der Waals surface area contributed by atoms with Gasteiger partial charge in [0.15, 0.2) is 0 Å². The smallest absolute Gasteiger partial charge is 0.220 e. The van der Waals surface area contributed by atoms with Gasteiger partial charge in [0.05, 0.1) is 0 Å². The highest BCUT2D eigenvalue weighted by Gasteiger charge is 2.18. The predicted molar refractivity (Wildman–Crippen MR) is 65.2 cm³/mol. The van der Waals surface area contributed by atoms with E-state index in [1.54, 1.807) is 0 Å². The molecule has 1 saturated heterocycles. The van der Waals surface area contributed by atoms with Crippen molar-refractivity contribution >= 4 is 5.91 Å². The first kappa shape index (κ1) is 11.9. The zero-order valence-corrected chi connectivity index (χ0v) is 10.1. The average Bonchev–Trinajstić information content (AvgIpc) is 2.81. The van der Waals surface area contributed by atoms with Gasteiger partial charge < -0.3 is 10.6 Å².